The van der Waals surface area contributed by atoms with E-state index in [2.05, 4.69) is 15.5 Å². The number of aromatic nitrogens is 2. The number of aryl methyl sites for hydroxylation is 1. The molecular formula is C10H16F3N3O. The fourth-order valence-electron chi connectivity index (χ4n) is 1.39. The number of alkyl halides is 3. The van der Waals surface area contributed by atoms with Crippen LogP contribution < -0.4 is 5.32 Å². The van der Waals surface area contributed by atoms with Crippen LogP contribution in [-0.2, 0) is 6.54 Å². The van der Waals surface area contributed by atoms with Gasteiger partial charge in [0.25, 0.3) is 0 Å². The van der Waals surface area contributed by atoms with E-state index in [1.54, 1.807) is 6.92 Å². The van der Waals surface area contributed by atoms with Crippen molar-refractivity contribution in [3.05, 3.63) is 11.7 Å². The zero-order chi connectivity index (χ0) is 12.9. The van der Waals surface area contributed by atoms with E-state index in [9.17, 15) is 13.2 Å². The molecule has 7 heteroatoms. The Kier molecular flexibility index (Phi) is 4.92. The highest BCUT2D eigenvalue weighted by atomic mass is 19.4. The predicted molar refractivity (Wildman–Crippen MR) is 55.2 cm³/mol. The SMILES string of the molecule is Cc1nc(CNC(C)CCCC(F)(F)F)no1. The third kappa shape index (κ3) is 6.25. The van der Waals surface area contributed by atoms with Gasteiger partial charge < -0.3 is 9.84 Å². The van der Waals surface area contributed by atoms with Gasteiger partial charge in [0.2, 0.25) is 5.89 Å². The molecule has 1 unspecified atom stereocenters. The van der Waals surface area contributed by atoms with Gasteiger partial charge in [0.15, 0.2) is 5.82 Å². The second-order valence-corrected chi connectivity index (χ2v) is 4.02. The van der Waals surface area contributed by atoms with Crippen molar-refractivity contribution in [1.29, 1.82) is 0 Å². The van der Waals surface area contributed by atoms with Crippen molar-refractivity contribution < 1.29 is 17.7 Å². The van der Waals surface area contributed by atoms with Crippen LogP contribution in [0.3, 0.4) is 0 Å². The average Bonchev–Trinajstić information content (AvgIpc) is 2.59. The van der Waals surface area contributed by atoms with Gasteiger partial charge in [-0.3, -0.25) is 0 Å². The lowest BCUT2D eigenvalue weighted by molar-refractivity contribution is -0.135. The van der Waals surface area contributed by atoms with Gasteiger partial charge in [0.05, 0.1) is 6.54 Å². The molecule has 0 aromatic carbocycles. The Hall–Kier alpha value is -1.11. The first-order valence-corrected chi connectivity index (χ1v) is 5.46. The molecule has 0 amide bonds. The minimum Gasteiger partial charge on any atom is -0.340 e. The molecule has 4 nitrogen and oxygen atoms in total. The topological polar surface area (TPSA) is 51.0 Å². The van der Waals surface area contributed by atoms with Gasteiger partial charge in [-0.1, -0.05) is 5.16 Å². The Morgan fingerprint density at radius 2 is 2.12 bits per heavy atom. The van der Waals surface area contributed by atoms with Crippen molar-refractivity contribution in [3.63, 3.8) is 0 Å². The van der Waals surface area contributed by atoms with E-state index in [1.165, 1.54) is 0 Å². The summed E-state index contributed by atoms with van der Waals surface area (Å²) in [6.45, 7) is 3.93. The molecule has 1 N–H and O–H groups in total. The molecule has 0 aliphatic carbocycles. The van der Waals surface area contributed by atoms with Gasteiger partial charge in [0, 0.05) is 19.4 Å². The molecular weight excluding hydrogens is 235 g/mol. The van der Waals surface area contributed by atoms with Crippen LogP contribution in [0.4, 0.5) is 13.2 Å². The highest BCUT2D eigenvalue weighted by Crippen LogP contribution is 2.22. The molecule has 1 atom stereocenters. The van der Waals surface area contributed by atoms with Gasteiger partial charge in [-0.2, -0.15) is 18.2 Å². The normalized spacial score (nSPS) is 13.9. The number of rotatable bonds is 6. The van der Waals surface area contributed by atoms with Crippen LogP contribution in [0.2, 0.25) is 0 Å². The summed E-state index contributed by atoms with van der Waals surface area (Å²) in [5, 5.41) is 6.72. The maximum Gasteiger partial charge on any atom is 0.389 e. The van der Waals surface area contributed by atoms with Crippen molar-refractivity contribution >= 4 is 0 Å². The molecule has 98 valence electrons. The third-order valence-corrected chi connectivity index (χ3v) is 2.28. The molecule has 1 aromatic rings. The number of nitrogens with zero attached hydrogens (tertiary/aromatic N) is 2. The average molecular weight is 251 g/mol. The summed E-state index contributed by atoms with van der Waals surface area (Å²) >= 11 is 0. The molecule has 0 bridgehead atoms. The van der Waals surface area contributed by atoms with Gasteiger partial charge >= 0.3 is 6.18 Å². The summed E-state index contributed by atoms with van der Waals surface area (Å²) in [5.41, 5.74) is 0. The highest BCUT2D eigenvalue weighted by molar-refractivity contribution is 4.83. The van der Waals surface area contributed by atoms with Gasteiger partial charge in [-0.25, -0.2) is 0 Å². The number of halogens is 3. The monoisotopic (exact) mass is 251 g/mol. The van der Waals surface area contributed by atoms with Crippen LogP contribution in [0.15, 0.2) is 4.52 Å². The van der Waals surface area contributed by atoms with Crippen LogP contribution in [0.25, 0.3) is 0 Å². The number of hydrogen-bond donors (Lipinski definition) is 1. The highest BCUT2D eigenvalue weighted by Gasteiger charge is 2.26. The standard InChI is InChI=1S/C10H16F3N3O/c1-7(4-3-5-10(11,12)13)14-6-9-15-8(2)17-16-9/h7,14H,3-6H2,1-2H3. The fraction of sp³-hybridized carbons (Fsp3) is 0.800. The lowest BCUT2D eigenvalue weighted by atomic mass is 10.1. The van der Waals surface area contributed by atoms with E-state index in [1.807, 2.05) is 6.92 Å². The first-order chi connectivity index (χ1) is 7.87. The van der Waals surface area contributed by atoms with E-state index in [4.69, 9.17) is 4.52 Å². The lowest BCUT2D eigenvalue weighted by Crippen LogP contribution is -2.26. The molecule has 17 heavy (non-hydrogen) atoms. The molecule has 0 spiro atoms. The van der Waals surface area contributed by atoms with Gasteiger partial charge in [-0.05, 0) is 19.8 Å². The molecule has 0 fully saturated rings. The quantitative estimate of drug-likeness (QED) is 0.844. The summed E-state index contributed by atoms with van der Waals surface area (Å²) in [5.74, 6) is 0.997. The Morgan fingerprint density at radius 1 is 1.41 bits per heavy atom. The third-order valence-electron chi connectivity index (χ3n) is 2.28. The van der Waals surface area contributed by atoms with E-state index in [0.717, 1.165) is 0 Å². The lowest BCUT2D eigenvalue weighted by Gasteiger charge is -2.12. The van der Waals surface area contributed by atoms with Crippen molar-refractivity contribution in [2.75, 3.05) is 0 Å². The number of nitrogens with one attached hydrogen (secondary N) is 1. The first-order valence-electron chi connectivity index (χ1n) is 5.46. The Labute approximate surface area is 97.6 Å². The molecule has 1 rings (SSSR count). The first kappa shape index (κ1) is 14.0. The zero-order valence-corrected chi connectivity index (χ0v) is 9.84. The second-order valence-electron chi connectivity index (χ2n) is 4.02. The van der Waals surface area contributed by atoms with Crippen molar-refractivity contribution in [3.8, 4) is 0 Å². The Morgan fingerprint density at radius 3 is 2.65 bits per heavy atom. The van der Waals surface area contributed by atoms with E-state index >= 15 is 0 Å². The molecule has 1 aromatic heterocycles. The molecule has 0 saturated carbocycles. The minimum atomic E-state index is -4.06. The molecule has 0 aliphatic heterocycles. The van der Waals surface area contributed by atoms with Crippen LogP contribution in [-0.4, -0.2) is 22.4 Å². The van der Waals surface area contributed by atoms with E-state index in [0.29, 0.717) is 24.7 Å². The molecule has 1 heterocycles. The molecule has 0 saturated heterocycles. The summed E-state index contributed by atoms with van der Waals surface area (Å²) in [6.07, 6.45) is -4.20. The second kappa shape index (κ2) is 6.00. The fourth-order valence-corrected chi connectivity index (χ4v) is 1.39. The predicted octanol–water partition coefficient (Wildman–Crippen LogP) is 2.59. The summed E-state index contributed by atoms with van der Waals surface area (Å²) < 4.78 is 40.5. The van der Waals surface area contributed by atoms with Crippen molar-refractivity contribution in [1.82, 2.24) is 15.5 Å². The maximum absolute atomic E-state index is 11.9. The van der Waals surface area contributed by atoms with Crippen molar-refractivity contribution in [2.24, 2.45) is 0 Å². The molecule has 0 aliphatic rings. The van der Waals surface area contributed by atoms with Crippen LogP contribution in [0.5, 0.6) is 0 Å². The zero-order valence-electron chi connectivity index (χ0n) is 9.84. The number of hydrogen-bond acceptors (Lipinski definition) is 4. The summed E-state index contributed by atoms with van der Waals surface area (Å²) in [6, 6.07) is -0.00356. The Bertz CT molecular complexity index is 338. The van der Waals surface area contributed by atoms with Crippen LogP contribution in [0, 0.1) is 6.92 Å². The van der Waals surface area contributed by atoms with Gasteiger partial charge in [0.1, 0.15) is 0 Å². The van der Waals surface area contributed by atoms with Gasteiger partial charge in [-0.15, -0.1) is 0 Å². The Balaban J connectivity index is 2.15. The smallest absolute Gasteiger partial charge is 0.340 e. The molecule has 0 radical (unpaired) electrons. The maximum atomic E-state index is 11.9. The van der Waals surface area contributed by atoms with Crippen LogP contribution >= 0.6 is 0 Å². The summed E-state index contributed by atoms with van der Waals surface area (Å²) in [4.78, 5) is 3.98. The summed E-state index contributed by atoms with van der Waals surface area (Å²) in [7, 11) is 0. The van der Waals surface area contributed by atoms with E-state index in [-0.39, 0.29) is 12.5 Å². The largest absolute Gasteiger partial charge is 0.389 e. The minimum absolute atomic E-state index is 0.00356. The van der Waals surface area contributed by atoms with Crippen molar-refractivity contribution in [2.45, 2.75) is 51.9 Å². The van der Waals surface area contributed by atoms with E-state index < -0.39 is 12.6 Å². The van der Waals surface area contributed by atoms with Crippen LogP contribution in [0.1, 0.15) is 37.9 Å².